The van der Waals surface area contributed by atoms with Crippen molar-refractivity contribution in [2.75, 3.05) is 13.1 Å². The molecule has 3 heterocycles. The van der Waals surface area contributed by atoms with Crippen molar-refractivity contribution in [1.29, 1.82) is 0 Å². The highest BCUT2D eigenvalue weighted by molar-refractivity contribution is 9.11. The van der Waals surface area contributed by atoms with Gasteiger partial charge in [0.2, 0.25) is 20.0 Å². The fraction of sp³-hybridized carbons (Fsp3) is 0.250. The minimum atomic E-state index is -3.65. The Labute approximate surface area is 364 Å². The molecule has 12 nitrogen and oxygen atoms in total. The second-order valence-corrected chi connectivity index (χ2v) is 22.9. The van der Waals surface area contributed by atoms with Crippen molar-refractivity contribution in [2.45, 2.75) is 56.5 Å². The Kier molecular flexibility index (Phi) is 18.5. The largest absolute Gasteiger partial charge is 0.477 e. The van der Waals surface area contributed by atoms with E-state index in [4.69, 9.17) is 5.11 Å². The van der Waals surface area contributed by atoms with E-state index in [9.17, 15) is 31.2 Å². The minimum absolute atomic E-state index is 0.204. The number of aryl methyl sites for hydroxylation is 3. The minimum Gasteiger partial charge on any atom is -0.477 e. The smallest absolute Gasteiger partial charge is 0.345 e. The SMILES string of the molecule is C[C@H](CNC(=O)c1ccc(Br)s1)NS(=O)(=O)c1ccccc1.Cc1cc(C)c(S(=O)(=O)N[C@H](C)CNC(=O)c2ccc(Br)s2)c(C)c1.O=C(O)c1ccc(Br)s1. The third-order valence-corrected chi connectivity index (χ3v) is 15.5. The maximum atomic E-state index is 12.7. The van der Waals surface area contributed by atoms with Gasteiger partial charge >= 0.3 is 5.97 Å². The van der Waals surface area contributed by atoms with Gasteiger partial charge in [-0.15, -0.1) is 34.0 Å². The van der Waals surface area contributed by atoms with Crippen LogP contribution in [0, 0.1) is 20.8 Å². The lowest BCUT2D eigenvalue weighted by Gasteiger charge is -2.18. The van der Waals surface area contributed by atoms with Gasteiger partial charge in [-0.1, -0.05) is 35.9 Å². The summed E-state index contributed by atoms with van der Waals surface area (Å²) in [5, 5.41) is 13.8. The van der Waals surface area contributed by atoms with E-state index in [0.29, 0.717) is 30.7 Å². The van der Waals surface area contributed by atoms with Gasteiger partial charge in [0.05, 0.1) is 30.9 Å². The van der Waals surface area contributed by atoms with Crippen LogP contribution in [0.3, 0.4) is 0 Å². The Hall–Kier alpha value is -2.79. The third kappa shape index (κ3) is 15.2. The second-order valence-electron chi connectivity index (χ2n) is 12.1. The van der Waals surface area contributed by atoms with Gasteiger partial charge in [-0.3, -0.25) is 9.59 Å². The predicted molar refractivity (Wildman–Crippen MR) is 234 cm³/mol. The lowest BCUT2D eigenvalue weighted by molar-refractivity contribution is 0.0701. The molecule has 0 aliphatic heterocycles. The molecule has 2 aromatic carbocycles. The van der Waals surface area contributed by atoms with Crippen LogP contribution in [0.5, 0.6) is 0 Å². The number of amides is 2. The van der Waals surface area contributed by atoms with Crippen LogP contribution >= 0.6 is 81.8 Å². The summed E-state index contributed by atoms with van der Waals surface area (Å²) in [7, 11) is -7.23. The van der Waals surface area contributed by atoms with Gasteiger partial charge in [0.1, 0.15) is 4.88 Å². The van der Waals surface area contributed by atoms with Crippen molar-refractivity contribution in [3.05, 3.63) is 122 Å². The highest BCUT2D eigenvalue weighted by Crippen LogP contribution is 2.24. The molecule has 0 fully saturated rings. The average Bonchev–Trinajstić information content (AvgIpc) is 3.87. The number of carboxylic acids is 1. The van der Waals surface area contributed by atoms with Gasteiger partial charge in [0.25, 0.3) is 11.8 Å². The highest BCUT2D eigenvalue weighted by atomic mass is 79.9. The zero-order valence-electron chi connectivity index (χ0n) is 30.6. The molecule has 5 N–H and O–H groups in total. The van der Waals surface area contributed by atoms with Crippen LogP contribution in [0.1, 0.15) is 59.6 Å². The number of rotatable bonds is 13. The van der Waals surface area contributed by atoms with Gasteiger partial charge in [-0.05, 0) is 142 Å². The molecule has 0 saturated carbocycles. The van der Waals surface area contributed by atoms with Crippen molar-refractivity contribution in [2.24, 2.45) is 0 Å². The number of sulfonamides is 2. The zero-order valence-corrected chi connectivity index (χ0v) is 39.4. The molecule has 302 valence electrons. The summed E-state index contributed by atoms with van der Waals surface area (Å²) < 4.78 is 57.4. The Bertz CT molecular complexity index is 2320. The molecule has 0 radical (unpaired) electrons. The first-order chi connectivity index (χ1) is 26.2. The van der Waals surface area contributed by atoms with Crippen LogP contribution < -0.4 is 20.1 Å². The fourth-order valence-corrected chi connectivity index (χ4v) is 11.7. The van der Waals surface area contributed by atoms with Gasteiger partial charge in [-0.2, -0.15) is 0 Å². The molecule has 2 atom stereocenters. The first kappa shape index (κ1) is 47.6. The van der Waals surface area contributed by atoms with Crippen LogP contribution in [-0.2, 0) is 20.0 Å². The van der Waals surface area contributed by atoms with Crippen molar-refractivity contribution in [3.8, 4) is 0 Å². The molecule has 0 bridgehead atoms. The molecule has 0 spiro atoms. The van der Waals surface area contributed by atoms with E-state index in [0.717, 1.165) is 16.9 Å². The van der Waals surface area contributed by atoms with Crippen molar-refractivity contribution >= 4 is 120 Å². The summed E-state index contributed by atoms with van der Waals surface area (Å²) in [6.45, 7) is 9.35. The Balaban J connectivity index is 0.000000247. The molecule has 2 amide bonds. The number of hydrogen-bond donors (Lipinski definition) is 5. The Morgan fingerprint density at radius 2 is 1.02 bits per heavy atom. The first-order valence-corrected chi connectivity index (χ1v) is 24.2. The summed E-state index contributed by atoms with van der Waals surface area (Å²) in [6, 6.07) is 21.3. The van der Waals surface area contributed by atoms with Gasteiger partial charge in [0, 0.05) is 25.2 Å². The molecule has 0 aliphatic rings. The summed E-state index contributed by atoms with van der Waals surface area (Å²) in [6.07, 6.45) is 0. The number of carboxylic acid groups (broad SMARTS) is 1. The molecular weight excluding hydrogens is 1020 g/mol. The molecule has 20 heteroatoms. The van der Waals surface area contributed by atoms with Gasteiger partial charge < -0.3 is 15.7 Å². The summed E-state index contributed by atoms with van der Waals surface area (Å²) in [5.41, 5.74) is 2.45. The Morgan fingerprint density at radius 1 is 0.625 bits per heavy atom. The molecular formula is C36H39Br3N4O8S5. The molecule has 3 aromatic heterocycles. The van der Waals surface area contributed by atoms with E-state index in [1.165, 1.54) is 46.1 Å². The number of carbonyl (C=O) groups is 3. The third-order valence-electron chi connectivity index (χ3n) is 7.16. The molecule has 0 saturated heterocycles. The van der Waals surface area contributed by atoms with E-state index in [1.54, 1.807) is 82.3 Å². The summed E-state index contributed by atoms with van der Waals surface area (Å²) >= 11 is 13.6. The lowest BCUT2D eigenvalue weighted by atomic mass is 10.1. The number of benzene rings is 2. The standard InChI is InChI=1S/C17H21BrN2O3S2.C14H15BrN2O3S2.C5H3BrO2S/c1-10-7-11(2)16(12(3)8-10)25(22,23)20-13(4)9-19-17(21)14-5-6-15(18)24-14;1-10(9-16-14(18)12-7-8-13(15)21-12)17-22(19,20)11-5-3-2-4-6-11;6-4-2-1-3(9-4)5(7)8/h5-8,13,20H,9H2,1-4H3,(H,19,21);2-8,10,17H,9H2,1H3,(H,16,18);1-2H,(H,7,8)/t13-;10-;/m11./s1. The van der Waals surface area contributed by atoms with E-state index >= 15 is 0 Å². The Morgan fingerprint density at radius 3 is 1.38 bits per heavy atom. The molecule has 5 aromatic rings. The molecule has 5 rings (SSSR count). The number of nitrogens with one attached hydrogen (secondary N) is 4. The normalized spacial score (nSPS) is 12.3. The topological polar surface area (TPSA) is 188 Å². The predicted octanol–water partition coefficient (Wildman–Crippen LogP) is 8.35. The number of hydrogen-bond acceptors (Lipinski definition) is 10. The van der Waals surface area contributed by atoms with Crippen LogP contribution in [0.25, 0.3) is 0 Å². The number of halogens is 3. The van der Waals surface area contributed by atoms with E-state index in [-0.39, 0.29) is 29.8 Å². The summed E-state index contributed by atoms with van der Waals surface area (Å²) in [4.78, 5) is 36.2. The average molecular weight is 1060 g/mol. The number of carbonyl (C=O) groups excluding carboxylic acids is 2. The van der Waals surface area contributed by atoms with Crippen molar-refractivity contribution < 1.29 is 36.3 Å². The van der Waals surface area contributed by atoms with Crippen LogP contribution in [0.2, 0.25) is 0 Å². The number of thiophene rings is 3. The lowest BCUT2D eigenvalue weighted by Crippen LogP contribution is -2.42. The summed E-state index contributed by atoms with van der Waals surface area (Å²) in [5.74, 6) is -1.31. The highest BCUT2D eigenvalue weighted by Gasteiger charge is 2.23. The molecule has 0 unspecified atom stereocenters. The molecule has 0 aliphatic carbocycles. The van der Waals surface area contributed by atoms with Crippen LogP contribution in [0.4, 0.5) is 0 Å². The van der Waals surface area contributed by atoms with Crippen molar-refractivity contribution in [3.63, 3.8) is 0 Å². The first-order valence-electron chi connectivity index (χ1n) is 16.4. The maximum Gasteiger partial charge on any atom is 0.345 e. The van der Waals surface area contributed by atoms with E-state index in [2.05, 4.69) is 67.9 Å². The number of aromatic carboxylic acids is 1. The monoisotopic (exact) mass is 1050 g/mol. The van der Waals surface area contributed by atoms with Gasteiger partial charge in [0.15, 0.2) is 0 Å². The van der Waals surface area contributed by atoms with E-state index < -0.39 is 38.1 Å². The maximum absolute atomic E-state index is 12.7. The van der Waals surface area contributed by atoms with Crippen LogP contribution in [0.15, 0.2) is 100 Å². The zero-order chi connectivity index (χ0) is 41.8. The molecule has 56 heavy (non-hydrogen) atoms. The van der Waals surface area contributed by atoms with Crippen LogP contribution in [-0.4, -0.2) is 64.9 Å². The quantitative estimate of drug-likeness (QED) is 0.0778. The second kappa shape index (κ2) is 21.8. The fourth-order valence-electron chi connectivity index (χ4n) is 4.90. The van der Waals surface area contributed by atoms with Gasteiger partial charge in [-0.25, -0.2) is 31.1 Å². The van der Waals surface area contributed by atoms with E-state index in [1.807, 2.05) is 19.1 Å². The van der Waals surface area contributed by atoms with Crippen molar-refractivity contribution in [1.82, 2.24) is 20.1 Å².